The number of hydrogen-bond donors (Lipinski definition) is 2. The molecular weight excluding hydrogens is 328 g/mol. The monoisotopic (exact) mass is 356 g/mol. The molecule has 0 saturated carbocycles. The fourth-order valence-corrected chi connectivity index (χ4v) is 3.17. The van der Waals surface area contributed by atoms with Crippen molar-refractivity contribution in [2.24, 2.45) is 0 Å². The van der Waals surface area contributed by atoms with Crippen LogP contribution in [0.2, 0.25) is 0 Å². The van der Waals surface area contributed by atoms with Crippen molar-refractivity contribution in [1.82, 2.24) is 5.32 Å². The zero-order chi connectivity index (χ0) is 18.2. The minimum atomic E-state index is 0.248. The maximum atomic E-state index is 6.04. The maximum absolute atomic E-state index is 6.04. The van der Waals surface area contributed by atoms with Crippen LogP contribution in [0.3, 0.4) is 0 Å². The number of benzene rings is 2. The first-order chi connectivity index (χ1) is 12.8. The number of fused-ring (bicyclic) bond motifs is 1. The van der Waals surface area contributed by atoms with Gasteiger partial charge in [0.2, 0.25) is 0 Å². The van der Waals surface area contributed by atoms with Gasteiger partial charge in [-0.15, -0.1) is 0 Å². The fraction of sp³-hybridized carbons (Fsp3) is 0.429. The summed E-state index contributed by atoms with van der Waals surface area (Å²) >= 11 is 0. The third kappa shape index (κ3) is 4.82. The summed E-state index contributed by atoms with van der Waals surface area (Å²) in [7, 11) is 3.32. The SMILES string of the molecule is COc1ccc(CCNCCCC2CNc3ccccc3O2)cc1OC. The Morgan fingerprint density at radius 3 is 2.77 bits per heavy atom. The molecule has 0 radical (unpaired) electrons. The van der Waals surface area contributed by atoms with Crippen LogP contribution >= 0.6 is 0 Å². The second kappa shape index (κ2) is 9.34. The predicted molar refractivity (Wildman–Crippen MR) is 105 cm³/mol. The molecule has 0 spiro atoms. The second-order valence-electron chi connectivity index (χ2n) is 6.45. The van der Waals surface area contributed by atoms with Crippen LogP contribution in [0.25, 0.3) is 0 Å². The summed E-state index contributed by atoms with van der Waals surface area (Å²) in [5.41, 5.74) is 2.34. The molecule has 3 rings (SSSR count). The standard InChI is InChI=1S/C21H28N2O3/c1-24-20-10-9-16(14-21(20)25-2)11-13-22-12-5-6-17-15-23-18-7-3-4-8-19(18)26-17/h3-4,7-10,14,17,22-23H,5-6,11-13,15H2,1-2H3. The lowest BCUT2D eigenvalue weighted by Gasteiger charge is -2.27. The Morgan fingerprint density at radius 1 is 1.08 bits per heavy atom. The highest BCUT2D eigenvalue weighted by molar-refractivity contribution is 5.57. The van der Waals surface area contributed by atoms with E-state index in [4.69, 9.17) is 14.2 Å². The van der Waals surface area contributed by atoms with E-state index in [0.717, 1.165) is 61.8 Å². The summed E-state index contributed by atoms with van der Waals surface area (Å²) in [5.74, 6) is 2.52. The Bertz CT molecular complexity index is 705. The molecule has 0 aliphatic carbocycles. The van der Waals surface area contributed by atoms with Crippen LogP contribution in [-0.2, 0) is 6.42 Å². The van der Waals surface area contributed by atoms with Gasteiger partial charge in [-0.05, 0) is 62.2 Å². The summed E-state index contributed by atoms with van der Waals surface area (Å²) in [6.07, 6.45) is 3.36. The predicted octanol–water partition coefficient (Wildman–Crippen LogP) is 3.49. The molecule has 140 valence electrons. The molecule has 0 amide bonds. The summed E-state index contributed by atoms with van der Waals surface area (Å²) in [6.45, 7) is 2.82. The van der Waals surface area contributed by atoms with Crippen molar-refractivity contribution >= 4 is 5.69 Å². The van der Waals surface area contributed by atoms with Gasteiger partial charge in [-0.2, -0.15) is 0 Å². The lowest BCUT2D eigenvalue weighted by molar-refractivity contribution is 0.192. The van der Waals surface area contributed by atoms with Crippen LogP contribution in [0.1, 0.15) is 18.4 Å². The van der Waals surface area contributed by atoms with Crippen LogP contribution in [-0.4, -0.2) is 40.0 Å². The molecule has 5 heteroatoms. The van der Waals surface area contributed by atoms with E-state index in [-0.39, 0.29) is 6.10 Å². The lowest BCUT2D eigenvalue weighted by atomic mass is 10.1. The van der Waals surface area contributed by atoms with Gasteiger partial charge in [-0.3, -0.25) is 0 Å². The number of para-hydroxylation sites is 2. The second-order valence-corrected chi connectivity index (χ2v) is 6.45. The van der Waals surface area contributed by atoms with Gasteiger partial charge in [0, 0.05) is 0 Å². The first-order valence-corrected chi connectivity index (χ1v) is 9.21. The maximum Gasteiger partial charge on any atom is 0.160 e. The van der Waals surface area contributed by atoms with Gasteiger partial charge < -0.3 is 24.8 Å². The Labute approximate surface area is 155 Å². The van der Waals surface area contributed by atoms with E-state index >= 15 is 0 Å². The summed E-state index contributed by atoms with van der Waals surface area (Å²) in [6, 6.07) is 14.2. The molecule has 0 aromatic heterocycles. The molecule has 1 unspecified atom stereocenters. The van der Waals surface area contributed by atoms with E-state index in [0.29, 0.717) is 0 Å². The van der Waals surface area contributed by atoms with Crippen molar-refractivity contribution in [3.8, 4) is 17.2 Å². The van der Waals surface area contributed by atoms with E-state index in [2.05, 4.69) is 22.8 Å². The molecule has 0 saturated heterocycles. The van der Waals surface area contributed by atoms with E-state index in [9.17, 15) is 0 Å². The molecule has 2 aromatic carbocycles. The number of nitrogens with one attached hydrogen (secondary N) is 2. The molecule has 26 heavy (non-hydrogen) atoms. The highest BCUT2D eigenvalue weighted by atomic mass is 16.5. The quantitative estimate of drug-likeness (QED) is 0.674. The molecule has 1 heterocycles. The van der Waals surface area contributed by atoms with Gasteiger partial charge in [-0.25, -0.2) is 0 Å². The van der Waals surface area contributed by atoms with Crippen molar-refractivity contribution in [3.63, 3.8) is 0 Å². The molecule has 5 nitrogen and oxygen atoms in total. The number of methoxy groups -OCH3 is 2. The fourth-order valence-electron chi connectivity index (χ4n) is 3.17. The Morgan fingerprint density at radius 2 is 1.92 bits per heavy atom. The third-order valence-electron chi connectivity index (χ3n) is 4.62. The number of rotatable bonds is 9. The van der Waals surface area contributed by atoms with Crippen LogP contribution in [0.5, 0.6) is 17.2 Å². The van der Waals surface area contributed by atoms with Gasteiger partial charge in [0.05, 0.1) is 26.5 Å². The summed E-state index contributed by atoms with van der Waals surface area (Å²) in [4.78, 5) is 0. The molecular formula is C21H28N2O3. The van der Waals surface area contributed by atoms with Crippen molar-refractivity contribution in [1.29, 1.82) is 0 Å². The highest BCUT2D eigenvalue weighted by Crippen LogP contribution is 2.29. The Hall–Kier alpha value is -2.40. The molecule has 2 aromatic rings. The average Bonchev–Trinajstić information content (AvgIpc) is 2.70. The average molecular weight is 356 g/mol. The molecule has 1 atom stereocenters. The first-order valence-electron chi connectivity index (χ1n) is 9.21. The lowest BCUT2D eigenvalue weighted by Crippen LogP contribution is -2.31. The van der Waals surface area contributed by atoms with Crippen LogP contribution < -0.4 is 24.8 Å². The third-order valence-corrected chi connectivity index (χ3v) is 4.62. The molecule has 0 fully saturated rings. The number of anilines is 1. The zero-order valence-corrected chi connectivity index (χ0v) is 15.6. The first kappa shape index (κ1) is 18.4. The van der Waals surface area contributed by atoms with Crippen molar-refractivity contribution < 1.29 is 14.2 Å². The Kier molecular flexibility index (Phi) is 6.61. The topological polar surface area (TPSA) is 51.8 Å². The van der Waals surface area contributed by atoms with Gasteiger partial charge in [-0.1, -0.05) is 18.2 Å². The molecule has 1 aliphatic rings. The minimum absolute atomic E-state index is 0.248. The normalized spacial score (nSPS) is 15.5. The summed E-state index contributed by atoms with van der Waals surface area (Å²) < 4.78 is 16.7. The van der Waals surface area contributed by atoms with Crippen molar-refractivity contribution in [2.45, 2.75) is 25.4 Å². The largest absolute Gasteiger partial charge is 0.493 e. The van der Waals surface area contributed by atoms with Gasteiger partial charge in [0.1, 0.15) is 11.9 Å². The van der Waals surface area contributed by atoms with E-state index in [1.165, 1.54) is 5.56 Å². The van der Waals surface area contributed by atoms with Crippen LogP contribution in [0, 0.1) is 0 Å². The highest BCUT2D eigenvalue weighted by Gasteiger charge is 2.17. The summed E-state index contributed by atoms with van der Waals surface area (Å²) in [5, 5.41) is 6.95. The number of hydrogen-bond acceptors (Lipinski definition) is 5. The minimum Gasteiger partial charge on any atom is -0.493 e. The Balaban J connectivity index is 1.33. The molecule has 2 N–H and O–H groups in total. The molecule has 1 aliphatic heterocycles. The van der Waals surface area contributed by atoms with Crippen molar-refractivity contribution in [3.05, 3.63) is 48.0 Å². The van der Waals surface area contributed by atoms with Gasteiger partial charge >= 0.3 is 0 Å². The van der Waals surface area contributed by atoms with E-state index in [1.807, 2.05) is 30.3 Å². The van der Waals surface area contributed by atoms with Gasteiger partial charge in [0.25, 0.3) is 0 Å². The van der Waals surface area contributed by atoms with Crippen LogP contribution in [0.4, 0.5) is 5.69 Å². The van der Waals surface area contributed by atoms with E-state index in [1.54, 1.807) is 14.2 Å². The van der Waals surface area contributed by atoms with Gasteiger partial charge in [0.15, 0.2) is 11.5 Å². The van der Waals surface area contributed by atoms with E-state index < -0.39 is 0 Å². The zero-order valence-electron chi connectivity index (χ0n) is 15.6. The number of ether oxygens (including phenoxy) is 3. The van der Waals surface area contributed by atoms with Crippen molar-refractivity contribution in [2.75, 3.05) is 39.2 Å². The molecule has 0 bridgehead atoms. The van der Waals surface area contributed by atoms with Crippen LogP contribution in [0.15, 0.2) is 42.5 Å². The smallest absolute Gasteiger partial charge is 0.160 e.